The van der Waals surface area contributed by atoms with Gasteiger partial charge >= 0.3 is 5.69 Å². The van der Waals surface area contributed by atoms with E-state index in [-0.39, 0.29) is 24.9 Å². The number of ether oxygens (including phenoxy) is 2. The van der Waals surface area contributed by atoms with E-state index >= 15 is 0 Å². The molecule has 2 aromatic rings. The fourth-order valence-corrected chi connectivity index (χ4v) is 2.85. The van der Waals surface area contributed by atoms with Gasteiger partial charge in [0.25, 0.3) is 5.56 Å². The maximum absolute atomic E-state index is 12.8. The molecular weight excluding hydrogens is 362 g/mol. The predicted octanol–water partition coefficient (Wildman–Crippen LogP) is 2.18. The monoisotopic (exact) mass is 391 g/mol. The molecule has 0 aliphatic heterocycles. The third-order valence-electron chi connectivity index (χ3n) is 4.45. The Morgan fingerprint density at radius 1 is 1.14 bits per heavy atom. The first kappa shape index (κ1) is 21.5. The number of carbonyl (C=O) groups is 1. The molecule has 0 saturated heterocycles. The Balaban J connectivity index is 2.27. The number of nitrogens with zero attached hydrogens (tertiary/aromatic N) is 1. The summed E-state index contributed by atoms with van der Waals surface area (Å²) in [5.74, 6) is 0.853. The van der Waals surface area contributed by atoms with E-state index in [0.717, 1.165) is 11.0 Å². The normalized spacial score (nSPS) is 12.0. The highest BCUT2D eigenvalue weighted by Crippen LogP contribution is 2.30. The zero-order chi connectivity index (χ0) is 20.7. The third-order valence-corrected chi connectivity index (χ3v) is 4.45. The first-order valence-corrected chi connectivity index (χ1v) is 9.77. The number of benzene rings is 1. The number of rotatable bonds is 10. The average molecular weight is 391 g/mol. The first-order valence-electron chi connectivity index (χ1n) is 9.77. The summed E-state index contributed by atoms with van der Waals surface area (Å²) in [4.78, 5) is 39.8. The van der Waals surface area contributed by atoms with Gasteiger partial charge in [-0.1, -0.05) is 6.92 Å². The molecule has 1 aromatic heterocycles. The Kier molecular flexibility index (Phi) is 7.66. The number of aromatic amines is 1. The van der Waals surface area contributed by atoms with E-state index in [1.807, 2.05) is 27.7 Å². The van der Waals surface area contributed by atoms with Crippen LogP contribution in [-0.2, 0) is 11.3 Å². The van der Waals surface area contributed by atoms with Crippen LogP contribution >= 0.6 is 0 Å². The van der Waals surface area contributed by atoms with Gasteiger partial charge in [-0.2, -0.15) is 0 Å². The van der Waals surface area contributed by atoms with Crippen LogP contribution in [0.1, 0.15) is 47.0 Å². The maximum Gasteiger partial charge on any atom is 0.328 e. The molecule has 0 spiro atoms. The van der Waals surface area contributed by atoms with Crippen molar-refractivity contribution < 1.29 is 14.3 Å². The lowest BCUT2D eigenvalue weighted by Crippen LogP contribution is -2.36. The van der Waals surface area contributed by atoms with Crippen LogP contribution in [0.3, 0.4) is 0 Å². The molecule has 0 bridgehead atoms. The summed E-state index contributed by atoms with van der Waals surface area (Å²) in [7, 11) is 0. The van der Waals surface area contributed by atoms with Crippen molar-refractivity contribution >= 4 is 16.8 Å². The molecule has 0 aliphatic carbocycles. The lowest BCUT2D eigenvalue weighted by Gasteiger charge is -2.13. The lowest BCUT2D eigenvalue weighted by atomic mass is 10.2. The number of H-pyrrole nitrogens is 1. The molecule has 1 atom stereocenters. The van der Waals surface area contributed by atoms with Crippen molar-refractivity contribution in [3.05, 3.63) is 33.0 Å². The zero-order valence-electron chi connectivity index (χ0n) is 17.0. The summed E-state index contributed by atoms with van der Waals surface area (Å²) in [6.45, 7) is 8.64. The van der Waals surface area contributed by atoms with Gasteiger partial charge < -0.3 is 19.8 Å². The average Bonchev–Trinajstić information content (AvgIpc) is 2.65. The molecule has 8 nitrogen and oxygen atoms in total. The van der Waals surface area contributed by atoms with Gasteiger partial charge in [-0.05, 0) is 39.7 Å². The highest BCUT2D eigenvalue weighted by atomic mass is 16.5. The lowest BCUT2D eigenvalue weighted by molar-refractivity contribution is -0.121. The van der Waals surface area contributed by atoms with Crippen molar-refractivity contribution in [2.24, 2.45) is 0 Å². The van der Waals surface area contributed by atoms with Crippen LogP contribution in [0.5, 0.6) is 11.5 Å². The largest absolute Gasteiger partial charge is 0.490 e. The molecule has 1 amide bonds. The number of amides is 1. The summed E-state index contributed by atoms with van der Waals surface area (Å²) >= 11 is 0. The van der Waals surface area contributed by atoms with Gasteiger partial charge in [-0.3, -0.25) is 14.2 Å². The Morgan fingerprint density at radius 2 is 1.79 bits per heavy atom. The van der Waals surface area contributed by atoms with Gasteiger partial charge in [0.15, 0.2) is 11.5 Å². The molecule has 1 aromatic carbocycles. The molecule has 28 heavy (non-hydrogen) atoms. The van der Waals surface area contributed by atoms with Gasteiger partial charge in [0.1, 0.15) is 0 Å². The summed E-state index contributed by atoms with van der Waals surface area (Å²) < 4.78 is 12.2. The fraction of sp³-hybridized carbons (Fsp3) is 0.550. The van der Waals surface area contributed by atoms with Crippen molar-refractivity contribution in [2.45, 2.75) is 59.5 Å². The summed E-state index contributed by atoms with van der Waals surface area (Å²) in [6.07, 6.45) is 1.50. The topological polar surface area (TPSA) is 102 Å². The third kappa shape index (κ3) is 5.15. The van der Waals surface area contributed by atoms with E-state index in [0.29, 0.717) is 42.0 Å². The minimum atomic E-state index is -0.508. The van der Waals surface area contributed by atoms with E-state index in [9.17, 15) is 14.4 Å². The van der Waals surface area contributed by atoms with Crippen molar-refractivity contribution in [1.29, 1.82) is 0 Å². The summed E-state index contributed by atoms with van der Waals surface area (Å²) in [5, 5.41) is 3.21. The number of aromatic nitrogens is 2. The molecule has 2 N–H and O–H groups in total. The summed E-state index contributed by atoms with van der Waals surface area (Å²) in [6, 6.07) is 3.31. The SMILES string of the molecule is CCOc1cc2[nH]c(=O)n(CCCC(=O)N[C@H](C)CC)c(=O)c2cc1OCC. The van der Waals surface area contributed by atoms with Crippen LogP contribution in [0.2, 0.25) is 0 Å². The molecule has 154 valence electrons. The van der Waals surface area contributed by atoms with Gasteiger partial charge in [-0.25, -0.2) is 4.79 Å². The van der Waals surface area contributed by atoms with E-state index in [4.69, 9.17) is 9.47 Å². The van der Waals surface area contributed by atoms with E-state index in [1.54, 1.807) is 12.1 Å². The fourth-order valence-electron chi connectivity index (χ4n) is 2.85. The standard InChI is InChI=1S/C20H29N3O5/c1-5-13(4)21-18(24)9-8-10-23-19(25)14-11-16(27-6-2)17(28-7-3)12-15(14)22-20(23)26/h11-13H,5-10H2,1-4H3,(H,21,24)(H,22,26)/t13-/m1/s1. The van der Waals surface area contributed by atoms with Gasteiger partial charge in [0, 0.05) is 25.1 Å². The first-order chi connectivity index (χ1) is 13.4. The highest BCUT2D eigenvalue weighted by molar-refractivity contribution is 5.81. The second kappa shape index (κ2) is 9.96. The predicted molar refractivity (Wildman–Crippen MR) is 108 cm³/mol. The van der Waals surface area contributed by atoms with E-state index in [1.165, 1.54) is 0 Å². The Morgan fingerprint density at radius 3 is 2.39 bits per heavy atom. The molecule has 0 fully saturated rings. The number of hydrogen-bond acceptors (Lipinski definition) is 5. The Labute approximate surface area is 163 Å². The maximum atomic E-state index is 12.8. The molecular formula is C20H29N3O5. The molecule has 2 rings (SSSR count). The quantitative estimate of drug-likeness (QED) is 0.646. The Hall–Kier alpha value is -2.77. The molecule has 0 saturated carbocycles. The van der Waals surface area contributed by atoms with E-state index in [2.05, 4.69) is 10.3 Å². The molecule has 0 radical (unpaired) electrons. The molecule has 1 heterocycles. The van der Waals surface area contributed by atoms with Crippen LogP contribution in [0.25, 0.3) is 10.9 Å². The van der Waals surface area contributed by atoms with Gasteiger partial charge in [0.05, 0.1) is 24.1 Å². The smallest absolute Gasteiger partial charge is 0.328 e. The molecule has 8 heteroatoms. The van der Waals surface area contributed by atoms with Crippen LogP contribution in [0.15, 0.2) is 21.7 Å². The molecule has 0 unspecified atom stereocenters. The number of hydrogen-bond donors (Lipinski definition) is 2. The van der Waals surface area contributed by atoms with Crippen LogP contribution in [-0.4, -0.2) is 34.7 Å². The van der Waals surface area contributed by atoms with Gasteiger partial charge in [0.2, 0.25) is 5.91 Å². The van der Waals surface area contributed by atoms with Gasteiger partial charge in [-0.15, -0.1) is 0 Å². The Bertz CT molecular complexity index is 932. The number of nitrogens with one attached hydrogen (secondary N) is 2. The van der Waals surface area contributed by atoms with E-state index < -0.39 is 11.2 Å². The van der Waals surface area contributed by atoms with Crippen LogP contribution in [0, 0.1) is 0 Å². The number of carbonyl (C=O) groups excluding carboxylic acids is 1. The minimum absolute atomic E-state index is 0.0837. The van der Waals surface area contributed by atoms with Crippen LogP contribution < -0.4 is 26.0 Å². The van der Waals surface area contributed by atoms with Crippen molar-refractivity contribution in [2.75, 3.05) is 13.2 Å². The second-order valence-electron chi connectivity index (χ2n) is 6.58. The molecule has 0 aliphatic rings. The number of fused-ring (bicyclic) bond motifs is 1. The van der Waals surface area contributed by atoms with Crippen molar-refractivity contribution in [3.63, 3.8) is 0 Å². The zero-order valence-corrected chi connectivity index (χ0v) is 17.0. The van der Waals surface area contributed by atoms with Crippen LogP contribution in [0.4, 0.5) is 0 Å². The summed E-state index contributed by atoms with van der Waals surface area (Å²) in [5.41, 5.74) is -0.524. The minimum Gasteiger partial charge on any atom is -0.490 e. The van der Waals surface area contributed by atoms with Crippen molar-refractivity contribution in [3.8, 4) is 11.5 Å². The second-order valence-corrected chi connectivity index (χ2v) is 6.58. The van der Waals surface area contributed by atoms with Crippen molar-refractivity contribution in [1.82, 2.24) is 14.9 Å². The highest BCUT2D eigenvalue weighted by Gasteiger charge is 2.14.